The summed E-state index contributed by atoms with van der Waals surface area (Å²) in [7, 11) is 1.62. The van der Waals surface area contributed by atoms with Crippen LogP contribution in [0.25, 0.3) is 11.3 Å². The summed E-state index contributed by atoms with van der Waals surface area (Å²) >= 11 is 2.76. The number of allylic oxidation sites excluding steroid dienone is 1. The van der Waals surface area contributed by atoms with Crippen LogP contribution in [0.4, 0.5) is 5.13 Å². The molecule has 0 unspecified atom stereocenters. The molecule has 0 radical (unpaired) electrons. The second-order valence-electron chi connectivity index (χ2n) is 7.39. The molecule has 0 aliphatic rings. The molecule has 180 valence electrons. The number of nitrogens with zero attached hydrogens (tertiary/aromatic N) is 4. The highest BCUT2D eigenvalue weighted by molar-refractivity contribution is 7.99. The van der Waals surface area contributed by atoms with Crippen molar-refractivity contribution in [2.24, 2.45) is 0 Å². The van der Waals surface area contributed by atoms with Crippen LogP contribution >= 0.6 is 23.1 Å². The molecule has 35 heavy (non-hydrogen) atoms. The molecule has 2 heterocycles. The Morgan fingerprint density at radius 2 is 1.89 bits per heavy atom. The topological polar surface area (TPSA) is 91.2 Å². The van der Waals surface area contributed by atoms with Crippen molar-refractivity contribution in [2.45, 2.75) is 25.2 Å². The number of amides is 1. The third-order valence-corrected chi connectivity index (χ3v) is 6.81. The van der Waals surface area contributed by atoms with Gasteiger partial charge in [0.2, 0.25) is 5.91 Å². The van der Waals surface area contributed by atoms with Gasteiger partial charge in [0, 0.05) is 17.0 Å². The first-order valence-corrected chi connectivity index (χ1v) is 12.6. The molecule has 1 amide bonds. The average Bonchev–Trinajstić information content (AvgIpc) is 3.44. The van der Waals surface area contributed by atoms with E-state index < -0.39 is 0 Å². The van der Waals surface area contributed by atoms with Crippen LogP contribution in [0.5, 0.6) is 11.5 Å². The van der Waals surface area contributed by atoms with E-state index in [2.05, 4.69) is 27.1 Å². The van der Waals surface area contributed by atoms with Crippen LogP contribution in [0.1, 0.15) is 10.7 Å². The molecule has 4 rings (SSSR count). The molecule has 0 aliphatic heterocycles. The number of hydrogen-bond donors (Lipinski definition) is 1. The van der Waals surface area contributed by atoms with Crippen molar-refractivity contribution >= 4 is 34.1 Å². The number of thiazole rings is 1. The maximum absolute atomic E-state index is 12.6. The highest BCUT2D eigenvalue weighted by Gasteiger charge is 2.16. The van der Waals surface area contributed by atoms with Gasteiger partial charge < -0.3 is 14.8 Å². The molecule has 0 fully saturated rings. The Bertz CT molecular complexity index is 1290. The minimum Gasteiger partial charge on any atom is -0.497 e. The minimum atomic E-state index is -0.160. The lowest BCUT2D eigenvalue weighted by molar-refractivity contribution is -0.113. The molecule has 10 heteroatoms. The highest BCUT2D eigenvalue weighted by Crippen LogP contribution is 2.30. The number of carbonyl (C=O) groups excluding carboxylic acids is 1. The smallest absolute Gasteiger partial charge is 0.236 e. The first kappa shape index (κ1) is 24.5. The molecule has 8 nitrogen and oxygen atoms in total. The Balaban J connectivity index is 1.36. The summed E-state index contributed by atoms with van der Waals surface area (Å²) in [6.07, 6.45) is 1.76. The average molecular weight is 508 g/mol. The fourth-order valence-electron chi connectivity index (χ4n) is 3.26. The van der Waals surface area contributed by atoms with Gasteiger partial charge in [-0.05, 0) is 31.2 Å². The Hall–Kier alpha value is -3.63. The van der Waals surface area contributed by atoms with Gasteiger partial charge in [0.05, 0.1) is 18.6 Å². The van der Waals surface area contributed by atoms with Crippen LogP contribution in [-0.4, -0.2) is 38.5 Å². The summed E-state index contributed by atoms with van der Waals surface area (Å²) in [5.41, 5.74) is 1.91. The van der Waals surface area contributed by atoms with E-state index in [0.717, 1.165) is 21.9 Å². The normalized spacial score (nSPS) is 10.7. The number of aryl methyl sites for hydroxylation is 1. The van der Waals surface area contributed by atoms with Crippen LogP contribution in [0.15, 0.2) is 72.4 Å². The van der Waals surface area contributed by atoms with E-state index in [1.165, 1.54) is 23.1 Å². The lowest BCUT2D eigenvalue weighted by Crippen LogP contribution is -2.15. The van der Waals surface area contributed by atoms with Crippen molar-refractivity contribution in [3.05, 3.63) is 78.0 Å². The first-order valence-electron chi connectivity index (χ1n) is 10.8. The van der Waals surface area contributed by atoms with Gasteiger partial charge in [0.1, 0.15) is 18.1 Å². The number of nitrogens with one attached hydrogen (secondary N) is 1. The number of thioether (sulfide) groups is 1. The Labute approximate surface area is 212 Å². The molecule has 0 atom stereocenters. The predicted octanol–water partition coefficient (Wildman–Crippen LogP) is 5.21. The maximum Gasteiger partial charge on any atom is 0.236 e. The largest absolute Gasteiger partial charge is 0.497 e. The van der Waals surface area contributed by atoms with E-state index in [-0.39, 0.29) is 18.3 Å². The number of ether oxygens (including phenoxy) is 2. The van der Waals surface area contributed by atoms with Gasteiger partial charge in [0.15, 0.2) is 16.1 Å². The molecule has 0 saturated heterocycles. The number of aromatic nitrogens is 4. The highest BCUT2D eigenvalue weighted by atomic mass is 32.2. The van der Waals surface area contributed by atoms with Crippen LogP contribution < -0.4 is 14.8 Å². The zero-order chi connectivity index (χ0) is 24.6. The summed E-state index contributed by atoms with van der Waals surface area (Å²) in [6, 6.07) is 17.2. The molecule has 2 aromatic carbocycles. The van der Waals surface area contributed by atoms with Crippen LogP contribution in [-0.2, 0) is 17.9 Å². The van der Waals surface area contributed by atoms with Crippen molar-refractivity contribution in [1.82, 2.24) is 19.7 Å². The molecular weight excluding hydrogens is 482 g/mol. The molecule has 2 aromatic heterocycles. The lowest BCUT2D eigenvalue weighted by Gasteiger charge is -2.09. The lowest BCUT2D eigenvalue weighted by atomic mass is 10.1. The van der Waals surface area contributed by atoms with E-state index >= 15 is 0 Å². The summed E-state index contributed by atoms with van der Waals surface area (Å²) in [5.74, 6) is 2.11. The van der Waals surface area contributed by atoms with E-state index in [9.17, 15) is 4.79 Å². The van der Waals surface area contributed by atoms with Crippen LogP contribution in [0, 0.1) is 6.92 Å². The second kappa shape index (κ2) is 11.7. The monoisotopic (exact) mass is 507 g/mol. The standard InChI is InChI=1S/C25H25N5O3S2/c1-4-14-30-21(15-33-20-12-10-19(32-3)11-13-20)28-29-25(30)34-16-22(31)26-24-27-23(17(2)35-24)18-8-6-5-7-9-18/h4-13H,1,14-16H2,2-3H3,(H,26,27,31). The quantitative estimate of drug-likeness (QED) is 0.220. The Morgan fingerprint density at radius 3 is 2.60 bits per heavy atom. The van der Waals surface area contributed by atoms with Crippen molar-refractivity contribution in [3.63, 3.8) is 0 Å². The van der Waals surface area contributed by atoms with E-state index in [4.69, 9.17) is 9.47 Å². The molecule has 0 aliphatic carbocycles. The Kier molecular flexibility index (Phi) is 8.17. The fraction of sp³-hybridized carbons (Fsp3) is 0.200. The molecule has 0 bridgehead atoms. The molecule has 0 saturated carbocycles. The zero-order valence-electron chi connectivity index (χ0n) is 19.4. The summed E-state index contributed by atoms with van der Waals surface area (Å²) in [5, 5.41) is 12.6. The summed E-state index contributed by atoms with van der Waals surface area (Å²) in [6.45, 7) is 6.55. The first-order chi connectivity index (χ1) is 17.1. The van der Waals surface area contributed by atoms with E-state index in [1.54, 1.807) is 13.2 Å². The van der Waals surface area contributed by atoms with Crippen molar-refractivity contribution in [3.8, 4) is 22.8 Å². The zero-order valence-corrected chi connectivity index (χ0v) is 21.1. The van der Waals surface area contributed by atoms with Crippen LogP contribution in [0.2, 0.25) is 0 Å². The number of anilines is 1. The number of methoxy groups -OCH3 is 1. The van der Waals surface area contributed by atoms with Crippen molar-refractivity contribution < 1.29 is 14.3 Å². The van der Waals surface area contributed by atoms with Crippen molar-refractivity contribution in [2.75, 3.05) is 18.2 Å². The second-order valence-corrected chi connectivity index (χ2v) is 9.53. The third kappa shape index (κ3) is 6.28. The minimum absolute atomic E-state index is 0.160. The van der Waals surface area contributed by atoms with Gasteiger partial charge in [-0.25, -0.2) is 4.98 Å². The predicted molar refractivity (Wildman–Crippen MR) is 139 cm³/mol. The van der Waals surface area contributed by atoms with Gasteiger partial charge in [-0.15, -0.1) is 28.1 Å². The summed E-state index contributed by atoms with van der Waals surface area (Å²) in [4.78, 5) is 18.2. The SMILES string of the molecule is C=CCn1c(COc2ccc(OC)cc2)nnc1SCC(=O)Nc1nc(-c2ccccc2)c(C)s1. The molecule has 0 spiro atoms. The van der Waals surface area contributed by atoms with Gasteiger partial charge in [-0.1, -0.05) is 48.2 Å². The van der Waals surface area contributed by atoms with E-state index in [1.807, 2.05) is 66.1 Å². The van der Waals surface area contributed by atoms with Gasteiger partial charge in [-0.3, -0.25) is 9.36 Å². The number of carbonyl (C=O) groups is 1. The number of rotatable bonds is 11. The maximum atomic E-state index is 12.6. The Morgan fingerprint density at radius 1 is 1.14 bits per heavy atom. The summed E-state index contributed by atoms with van der Waals surface area (Å²) < 4.78 is 12.9. The van der Waals surface area contributed by atoms with Crippen molar-refractivity contribution in [1.29, 1.82) is 0 Å². The van der Waals surface area contributed by atoms with Crippen LogP contribution in [0.3, 0.4) is 0 Å². The molecule has 4 aromatic rings. The third-order valence-electron chi connectivity index (χ3n) is 4.96. The number of hydrogen-bond acceptors (Lipinski definition) is 8. The van der Waals surface area contributed by atoms with E-state index in [0.29, 0.717) is 28.4 Å². The van der Waals surface area contributed by atoms with Gasteiger partial charge in [-0.2, -0.15) is 0 Å². The van der Waals surface area contributed by atoms with Gasteiger partial charge >= 0.3 is 0 Å². The van der Waals surface area contributed by atoms with Gasteiger partial charge in [0.25, 0.3) is 0 Å². The number of benzene rings is 2. The fourth-order valence-corrected chi connectivity index (χ4v) is 4.88. The molecular formula is C25H25N5O3S2. The molecule has 1 N–H and O–H groups in total.